The SMILES string of the molecule is Cc1ccccc1C(=O)N/N=C\c1sccc1C. The van der Waals surface area contributed by atoms with E-state index in [1.54, 1.807) is 23.6 Å². The Morgan fingerprint density at radius 1 is 1.22 bits per heavy atom. The zero-order valence-electron chi connectivity index (χ0n) is 10.3. The summed E-state index contributed by atoms with van der Waals surface area (Å²) >= 11 is 1.60. The fraction of sp³-hybridized carbons (Fsp3) is 0.143. The maximum atomic E-state index is 11.9. The summed E-state index contributed by atoms with van der Waals surface area (Å²) < 4.78 is 0. The highest BCUT2D eigenvalue weighted by Gasteiger charge is 2.06. The van der Waals surface area contributed by atoms with Crippen LogP contribution in [-0.2, 0) is 0 Å². The minimum Gasteiger partial charge on any atom is -0.267 e. The molecule has 1 aromatic heterocycles. The molecule has 3 nitrogen and oxygen atoms in total. The quantitative estimate of drug-likeness (QED) is 0.667. The Morgan fingerprint density at radius 2 is 2.00 bits per heavy atom. The number of rotatable bonds is 3. The first-order valence-corrected chi connectivity index (χ1v) is 6.49. The van der Waals surface area contributed by atoms with Crippen LogP contribution in [0.2, 0.25) is 0 Å². The van der Waals surface area contributed by atoms with E-state index < -0.39 is 0 Å². The van der Waals surface area contributed by atoms with Crippen molar-refractivity contribution >= 4 is 23.5 Å². The molecule has 0 aliphatic heterocycles. The summed E-state index contributed by atoms with van der Waals surface area (Å²) in [5.74, 6) is -0.182. The lowest BCUT2D eigenvalue weighted by atomic mass is 10.1. The third-order valence-corrected chi connectivity index (χ3v) is 3.59. The average molecular weight is 258 g/mol. The molecule has 0 fully saturated rings. The van der Waals surface area contributed by atoms with Gasteiger partial charge < -0.3 is 0 Å². The van der Waals surface area contributed by atoms with Gasteiger partial charge in [-0.1, -0.05) is 18.2 Å². The molecule has 0 saturated carbocycles. The van der Waals surface area contributed by atoms with Crippen molar-refractivity contribution in [1.29, 1.82) is 0 Å². The Morgan fingerprint density at radius 3 is 2.67 bits per heavy atom. The van der Waals surface area contributed by atoms with Crippen LogP contribution in [0.25, 0.3) is 0 Å². The summed E-state index contributed by atoms with van der Waals surface area (Å²) in [6, 6.07) is 9.47. The molecule has 0 aliphatic carbocycles. The van der Waals surface area contributed by atoms with Gasteiger partial charge in [0.1, 0.15) is 0 Å². The lowest BCUT2D eigenvalue weighted by Crippen LogP contribution is -2.18. The van der Waals surface area contributed by atoms with Crippen LogP contribution in [0.5, 0.6) is 0 Å². The number of carbonyl (C=O) groups excluding carboxylic acids is 1. The molecule has 18 heavy (non-hydrogen) atoms. The van der Waals surface area contributed by atoms with Crippen molar-refractivity contribution in [1.82, 2.24) is 5.43 Å². The molecular formula is C14H14N2OS. The van der Waals surface area contributed by atoms with Crippen LogP contribution in [-0.4, -0.2) is 12.1 Å². The molecule has 0 spiro atoms. The summed E-state index contributed by atoms with van der Waals surface area (Å²) in [6.45, 7) is 3.92. The standard InChI is InChI=1S/C14H14N2OS/c1-10-5-3-4-6-12(10)14(17)16-15-9-13-11(2)7-8-18-13/h3-9H,1-2H3,(H,16,17)/b15-9-. The predicted molar refractivity (Wildman–Crippen MR) is 75.3 cm³/mol. The van der Waals surface area contributed by atoms with E-state index in [1.807, 2.05) is 43.5 Å². The third-order valence-electron chi connectivity index (χ3n) is 2.64. The monoisotopic (exact) mass is 258 g/mol. The molecule has 0 unspecified atom stereocenters. The molecular weight excluding hydrogens is 244 g/mol. The maximum absolute atomic E-state index is 11.9. The number of amides is 1. The first kappa shape index (κ1) is 12.5. The number of hydrogen-bond donors (Lipinski definition) is 1. The van der Waals surface area contributed by atoms with Crippen molar-refractivity contribution in [2.75, 3.05) is 0 Å². The molecule has 1 N–H and O–H groups in total. The van der Waals surface area contributed by atoms with E-state index >= 15 is 0 Å². The smallest absolute Gasteiger partial charge is 0.267 e. The van der Waals surface area contributed by atoms with Crippen molar-refractivity contribution in [3.63, 3.8) is 0 Å². The van der Waals surface area contributed by atoms with Gasteiger partial charge >= 0.3 is 0 Å². The van der Waals surface area contributed by atoms with Crippen molar-refractivity contribution in [2.24, 2.45) is 5.10 Å². The van der Waals surface area contributed by atoms with E-state index in [2.05, 4.69) is 10.5 Å². The second-order valence-corrected chi connectivity index (χ2v) is 4.93. The van der Waals surface area contributed by atoms with Crippen LogP contribution >= 0.6 is 11.3 Å². The zero-order valence-corrected chi connectivity index (χ0v) is 11.1. The highest BCUT2D eigenvalue weighted by atomic mass is 32.1. The summed E-state index contributed by atoms with van der Waals surface area (Å²) in [5, 5.41) is 5.98. The van der Waals surface area contributed by atoms with Gasteiger partial charge in [0.15, 0.2) is 0 Å². The highest BCUT2D eigenvalue weighted by Crippen LogP contribution is 2.12. The normalized spacial score (nSPS) is 10.8. The van der Waals surface area contributed by atoms with Gasteiger partial charge in [0, 0.05) is 10.4 Å². The summed E-state index contributed by atoms with van der Waals surface area (Å²) in [7, 11) is 0. The average Bonchev–Trinajstić information content (AvgIpc) is 2.75. The Bertz CT molecular complexity index is 587. The summed E-state index contributed by atoms with van der Waals surface area (Å²) in [6.07, 6.45) is 1.68. The van der Waals surface area contributed by atoms with Crippen LogP contribution in [0.15, 0.2) is 40.8 Å². The minimum atomic E-state index is -0.182. The van der Waals surface area contributed by atoms with Crippen molar-refractivity contribution < 1.29 is 4.79 Å². The highest BCUT2D eigenvalue weighted by molar-refractivity contribution is 7.11. The fourth-order valence-electron chi connectivity index (χ4n) is 1.55. The number of hydrazone groups is 1. The first-order valence-electron chi connectivity index (χ1n) is 5.61. The molecule has 1 amide bonds. The number of thiophene rings is 1. The number of carbonyl (C=O) groups is 1. The van der Waals surface area contributed by atoms with Crippen LogP contribution in [0.3, 0.4) is 0 Å². The molecule has 0 radical (unpaired) electrons. The minimum absolute atomic E-state index is 0.182. The Balaban J connectivity index is 2.03. The second kappa shape index (κ2) is 5.60. The van der Waals surface area contributed by atoms with Crippen molar-refractivity contribution in [3.8, 4) is 0 Å². The Hall–Kier alpha value is -1.94. The third kappa shape index (κ3) is 2.84. The van der Waals surface area contributed by atoms with Crippen molar-refractivity contribution in [3.05, 3.63) is 57.3 Å². The molecule has 0 atom stereocenters. The summed E-state index contributed by atoms with van der Waals surface area (Å²) in [5.41, 5.74) is 5.30. The predicted octanol–water partition coefficient (Wildman–Crippen LogP) is 3.13. The number of benzene rings is 1. The van der Waals surface area contributed by atoms with Gasteiger partial charge in [-0.05, 0) is 42.5 Å². The summed E-state index contributed by atoms with van der Waals surface area (Å²) in [4.78, 5) is 12.9. The largest absolute Gasteiger partial charge is 0.271 e. The van der Waals surface area contributed by atoms with Gasteiger partial charge in [-0.25, -0.2) is 5.43 Å². The van der Waals surface area contributed by atoms with E-state index in [4.69, 9.17) is 0 Å². The van der Waals surface area contributed by atoms with E-state index in [9.17, 15) is 4.79 Å². The van der Waals surface area contributed by atoms with Gasteiger partial charge in [0.05, 0.1) is 6.21 Å². The van der Waals surface area contributed by atoms with Crippen molar-refractivity contribution in [2.45, 2.75) is 13.8 Å². The van der Waals surface area contributed by atoms with Gasteiger partial charge in [-0.3, -0.25) is 4.79 Å². The number of nitrogens with one attached hydrogen (secondary N) is 1. The molecule has 92 valence electrons. The van der Waals surface area contributed by atoms with E-state index in [1.165, 1.54) is 0 Å². The molecule has 2 rings (SSSR count). The lowest BCUT2D eigenvalue weighted by molar-refractivity contribution is 0.0954. The maximum Gasteiger partial charge on any atom is 0.271 e. The van der Waals surface area contributed by atoms with Gasteiger partial charge in [0.25, 0.3) is 5.91 Å². The van der Waals surface area contributed by atoms with E-state index in [-0.39, 0.29) is 5.91 Å². The number of aryl methyl sites for hydroxylation is 2. The second-order valence-electron chi connectivity index (χ2n) is 3.98. The van der Waals surface area contributed by atoms with Gasteiger partial charge in [0.2, 0.25) is 0 Å². The molecule has 0 saturated heterocycles. The van der Waals surface area contributed by atoms with Crippen LogP contribution in [0.1, 0.15) is 26.4 Å². The molecule has 1 heterocycles. The van der Waals surface area contributed by atoms with Crippen LogP contribution in [0.4, 0.5) is 0 Å². The molecule has 1 aromatic carbocycles. The van der Waals surface area contributed by atoms with Crippen LogP contribution in [0, 0.1) is 13.8 Å². The molecule has 2 aromatic rings. The van der Waals surface area contributed by atoms with E-state index in [0.29, 0.717) is 5.56 Å². The first-order chi connectivity index (χ1) is 8.68. The van der Waals surface area contributed by atoms with Gasteiger partial charge in [-0.2, -0.15) is 5.10 Å². The zero-order chi connectivity index (χ0) is 13.0. The lowest BCUT2D eigenvalue weighted by Gasteiger charge is -2.02. The molecule has 0 bridgehead atoms. The molecule has 0 aliphatic rings. The van der Waals surface area contributed by atoms with Crippen LogP contribution < -0.4 is 5.43 Å². The number of nitrogens with zero attached hydrogens (tertiary/aromatic N) is 1. The fourth-order valence-corrected chi connectivity index (χ4v) is 2.34. The van der Waals surface area contributed by atoms with E-state index in [0.717, 1.165) is 16.0 Å². The Labute approximate surface area is 110 Å². The molecule has 4 heteroatoms. The topological polar surface area (TPSA) is 41.5 Å². The number of hydrogen-bond acceptors (Lipinski definition) is 3. The van der Waals surface area contributed by atoms with Gasteiger partial charge in [-0.15, -0.1) is 11.3 Å². The Kier molecular flexibility index (Phi) is 3.89.